The lowest BCUT2D eigenvalue weighted by Crippen LogP contribution is -2.18. The van der Waals surface area contributed by atoms with E-state index in [1.165, 1.54) is 0 Å². The Morgan fingerprint density at radius 3 is 2.67 bits per heavy atom. The van der Waals surface area contributed by atoms with Crippen molar-refractivity contribution in [3.05, 3.63) is 40.8 Å². The molecule has 2 rings (SSSR count). The van der Waals surface area contributed by atoms with Crippen LogP contribution in [0.3, 0.4) is 0 Å². The summed E-state index contributed by atoms with van der Waals surface area (Å²) in [7, 11) is 0. The highest BCUT2D eigenvalue weighted by Crippen LogP contribution is 2.22. The Kier molecular flexibility index (Phi) is 4.55. The molecule has 1 N–H and O–H groups in total. The van der Waals surface area contributed by atoms with E-state index >= 15 is 0 Å². The second kappa shape index (κ2) is 6.16. The zero-order valence-electron chi connectivity index (χ0n) is 10.6. The predicted octanol–water partition coefficient (Wildman–Crippen LogP) is 3.85. The van der Waals surface area contributed by atoms with Crippen LogP contribution in [0.15, 0.2) is 39.4 Å². The number of nitrogens with zero attached hydrogens (tertiary/aromatic N) is 1. The Balaban J connectivity index is 1.99. The molecule has 0 unspecified atom stereocenters. The molecule has 4 heteroatoms. The SMILES string of the molecule is CC(C)CNCc1ncc(-c2ccc(Br)cc2)o1. The van der Waals surface area contributed by atoms with Gasteiger partial charge in [0.15, 0.2) is 5.76 Å². The van der Waals surface area contributed by atoms with Gasteiger partial charge in [0.25, 0.3) is 0 Å². The Labute approximate surface area is 116 Å². The first-order valence-corrected chi connectivity index (χ1v) is 6.86. The second-order valence-electron chi connectivity index (χ2n) is 4.65. The zero-order valence-corrected chi connectivity index (χ0v) is 12.2. The molecule has 1 aromatic carbocycles. The average Bonchev–Trinajstić information content (AvgIpc) is 2.78. The fourth-order valence-corrected chi connectivity index (χ4v) is 1.87. The van der Waals surface area contributed by atoms with Crippen LogP contribution < -0.4 is 5.32 Å². The van der Waals surface area contributed by atoms with E-state index in [9.17, 15) is 0 Å². The second-order valence-corrected chi connectivity index (χ2v) is 5.57. The number of halogens is 1. The topological polar surface area (TPSA) is 38.1 Å². The number of benzene rings is 1. The van der Waals surface area contributed by atoms with Crippen LogP contribution in [0.1, 0.15) is 19.7 Å². The molecule has 0 aliphatic carbocycles. The summed E-state index contributed by atoms with van der Waals surface area (Å²) in [6, 6.07) is 8.01. The summed E-state index contributed by atoms with van der Waals surface area (Å²) in [4.78, 5) is 4.27. The Morgan fingerprint density at radius 1 is 1.28 bits per heavy atom. The zero-order chi connectivity index (χ0) is 13.0. The van der Waals surface area contributed by atoms with Crippen LogP contribution in [-0.4, -0.2) is 11.5 Å². The molecule has 0 amide bonds. The Bertz CT molecular complexity index is 491. The molecule has 0 saturated heterocycles. The third kappa shape index (κ3) is 3.68. The molecule has 1 aromatic heterocycles. The van der Waals surface area contributed by atoms with Gasteiger partial charge in [0.2, 0.25) is 5.89 Å². The number of aromatic nitrogens is 1. The van der Waals surface area contributed by atoms with Crippen molar-refractivity contribution in [1.82, 2.24) is 10.3 Å². The molecule has 0 spiro atoms. The van der Waals surface area contributed by atoms with Gasteiger partial charge in [0.1, 0.15) is 0 Å². The Morgan fingerprint density at radius 2 is 2.00 bits per heavy atom. The largest absolute Gasteiger partial charge is 0.439 e. The molecule has 0 bridgehead atoms. The summed E-state index contributed by atoms with van der Waals surface area (Å²) < 4.78 is 6.76. The summed E-state index contributed by atoms with van der Waals surface area (Å²) in [6.07, 6.45) is 1.77. The molecule has 0 aliphatic rings. The fourth-order valence-electron chi connectivity index (χ4n) is 1.61. The van der Waals surface area contributed by atoms with Gasteiger partial charge in [-0.05, 0) is 24.6 Å². The van der Waals surface area contributed by atoms with E-state index in [0.717, 1.165) is 28.2 Å². The lowest BCUT2D eigenvalue weighted by molar-refractivity contribution is 0.459. The molecule has 18 heavy (non-hydrogen) atoms. The highest BCUT2D eigenvalue weighted by Gasteiger charge is 2.06. The molecule has 0 radical (unpaired) electrons. The number of nitrogens with one attached hydrogen (secondary N) is 1. The molecule has 1 heterocycles. The maximum absolute atomic E-state index is 5.70. The molecule has 3 nitrogen and oxygen atoms in total. The quantitative estimate of drug-likeness (QED) is 0.911. The van der Waals surface area contributed by atoms with Crippen molar-refractivity contribution < 1.29 is 4.42 Å². The highest BCUT2D eigenvalue weighted by molar-refractivity contribution is 9.10. The summed E-state index contributed by atoms with van der Waals surface area (Å²) in [5, 5.41) is 3.31. The van der Waals surface area contributed by atoms with Gasteiger partial charge in [-0.3, -0.25) is 0 Å². The fraction of sp³-hybridized carbons (Fsp3) is 0.357. The van der Waals surface area contributed by atoms with Crippen molar-refractivity contribution in [1.29, 1.82) is 0 Å². The van der Waals surface area contributed by atoms with Crippen molar-refractivity contribution >= 4 is 15.9 Å². The average molecular weight is 309 g/mol. The first-order chi connectivity index (χ1) is 8.65. The lowest BCUT2D eigenvalue weighted by atomic mass is 10.2. The molecule has 0 atom stereocenters. The normalized spacial score (nSPS) is 11.1. The van der Waals surface area contributed by atoms with Crippen LogP contribution in [0.2, 0.25) is 0 Å². The first-order valence-electron chi connectivity index (χ1n) is 6.06. The molecule has 2 aromatic rings. The van der Waals surface area contributed by atoms with Gasteiger partial charge in [-0.2, -0.15) is 0 Å². The van der Waals surface area contributed by atoms with Crippen LogP contribution in [0.25, 0.3) is 11.3 Å². The van der Waals surface area contributed by atoms with E-state index in [4.69, 9.17) is 4.42 Å². The van der Waals surface area contributed by atoms with Crippen molar-refractivity contribution in [2.24, 2.45) is 5.92 Å². The van der Waals surface area contributed by atoms with E-state index in [1.54, 1.807) is 6.20 Å². The Hall–Kier alpha value is -1.13. The minimum atomic E-state index is 0.630. The summed E-state index contributed by atoms with van der Waals surface area (Å²) in [6.45, 7) is 6.00. The molecule has 0 fully saturated rings. The van der Waals surface area contributed by atoms with Crippen molar-refractivity contribution in [3.63, 3.8) is 0 Å². The predicted molar refractivity (Wildman–Crippen MR) is 76.2 cm³/mol. The summed E-state index contributed by atoms with van der Waals surface area (Å²) >= 11 is 3.41. The maximum Gasteiger partial charge on any atom is 0.208 e. The van der Waals surface area contributed by atoms with Crippen molar-refractivity contribution in [2.45, 2.75) is 20.4 Å². The van der Waals surface area contributed by atoms with E-state index in [2.05, 4.69) is 40.1 Å². The van der Waals surface area contributed by atoms with E-state index in [-0.39, 0.29) is 0 Å². The lowest BCUT2D eigenvalue weighted by Gasteiger charge is -2.04. The third-order valence-electron chi connectivity index (χ3n) is 2.51. The smallest absolute Gasteiger partial charge is 0.208 e. The van der Waals surface area contributed by atoms with Gasteiger partial charge in [-0.25, -0.2) is 4.98 Å². The molecule has 0 aliphatic heterocycles. The van der Waals surface area contributed by atoms with Gasteiger partial charge in [-0.1, -0.05) is 41.9 Å². The van der Waals surface area contributed by atoms with Crippen LogP contribution >= 0.6 is 15.9 Å². The van der Waals surface area contributed by atoms with Crippen LogP contribution in [0, 0.1) is 5.92 Å². The van der Waals surface area contributed by atoms with Crippen molar-refractivity contribution in [3.8, 4) is 11.3 Å². The minimum absolute atomic E-state index is 0.630. The van der Waals surface area contributed by atoms with Gasteiger partial charge in [0.05, 0.1) is 12.7 Å². The van der Waals surface area contributed by atoms with Gasteiger partial charge in [0, 0.05) is 10.0 Å². The number of hydrogen-bond acceptors (Lipinski definition) is 3. The summed E-state index contributed by atoms with van der Waals surface area (Å²) in [5.74, 6) is 2.17. The van der Waals surface area contributed by atoms with Crippen molar-refractivity contribution in [2.75, 3.05) is 6.54 Å². The third-order valence-corrected chi connectivity index (χ3v) is 3.04. The van der Waals surface area contributed by atoms with E-state index in [1.807, 2.05) is 24.3 Å². The number of hydrogen-bond donors (Lipinski definition) is 1. The van der Waals surface area contributed by atoms with Crippen LogP contribution in [0.4, 0.5) is 0 Å². The number of rotatable bonds is 5. The molecular formula is C14H17BrN2O. The van der Waals surface area contributed by atoms with E-state index < -0.39 is 0 Å². The standard InChI is InChI=1S/C14H17BrN2O/c1-10(2)7-16-9-14-17-8-13(18-14)11-3-5-12(15)6-4-11/h3-6,8,10,16H,7,9H2,1-2H3. The first kappa shape index (κ1) is 13.3. The monoisotopic (exact) mass is 308 g/mol. The highest BCUT2D eigenvalue weighted by atomic mass is 79.9. The molecular weight excluding hydrogens is 292 g/mol. The van der Waals surface area contributed by atoms with Gasteiger partial charge in [-0.15, -0.1) is 0 Å². The van der Waals surface area contributed by atoms with E-state index in [0.29, 0.717) is 12.5 Å². The molecule has 0 saturated carbocycles. The summed E-state index contributed by atoms with van der Waals surface area (Å²) in [5.41, 5.74) is 1.04. The number of oxazole rings is 1. The van der Waals surface area contributed by atoms with Gasteiger partial charge < -0.3 is 9.73 Å². The van der Waals surface area contributed by atoms with Gasteiger partial charge >= 0.3 is 0 Å². The van der Waals surface area contributed by atoms with Crippen LogP contribution in [0.5, 0.6) is 0 Å². The molecule has 96 valence electrons. The minimum Gasteiger partial charge on any atom is -0.439 e. The van der Waals surface area contributed by atoms with Crippen LogP contribution in [-0.2, 0) is 6.54 Å². The maximum atomic E-state index is 5.70.